The van der Waals surface area contributed by atoms with Gasteiger partial charge in [0.25, 0.3) is 5.56 Å². The third-order valence-corrected chi connectivity index (χ3v) is 5.02. The summed E-state index contributed by atoms with van der Waals surface area (Å²) in [6.07, 6.45) is 2.45. The lowest BCUT2D eigenvalue weighted by molar-refractivity contribution is -0.124. The fraction of sp³-hybridized carbons (Fsp3) is 0.526. The number of carbonyl (C=O) groups is 1. The quantitative estimate of drug-likeness (QED) is 0.610. The van der Waals surface area contributed by atoms with Crippen molar-refractivity contribution < 1.29 is 9.21 Å². The number of carbonyl (C=O) groups excluding carboxylic acids is 1. The van der Waals surface area contributed by atoms with Crippen LogP contribution in [0.15, 0.2) is 27.6 Å². The Morgan fingerprint density at radius 2 is 2.07 bits per heavy atom. The largest absolute Gasteiger partial charge is 0.463 e. The molecule has 27 heavy (non-hydrogen) atoms. The number of fused-ring (bicyclic) bond motifs is 3. The van der Waals surface area contributed by atoms with Crippen molar-refractivity contribution in [3.05, 3.63) is 34.6 Å². The van der Waals surface area contributed by atoms with Gasteiger partial charge in [0.2, 0.25) is 5.91 Å². The van der Waals surface area contributed by atoms with Crippen LogP contribution in [0.4, 0.5) is 0 Å². The monoisotopic (exact) mass is 373 g/mol. The molecule has 0 aromatic carbocycles. The van der Waals surface area contributed by atoms with E-state index in [1.807, 2.05) is 6.92 Å². The number of furan rings is 1. The second-order valence-corrected chi connectivity index (χ2v) is 6.68. The minimum atomic E-state index is -0.684. The number of hydrogen-bond donors (Lipinski definition) is 1. The van der Waals surface area contributed by atoms with Gasteiger partial charge in [-0.3, -0.25) is 14.0 Å². The molecule has 0 saturated carbocycles. The molecule has 8 heteroatoms. The van der Waals surface area contributed by atoms with E-state index < -0.39 is 6.04 Å². The van der Waals surface area contributed by atoms with Gasteiger partial charge in [0.15, 0.2) is 5.58 Å². The predicted molar refractivity (Wildman–Crippen MR) is 104 cm³/mol. The molecule has 1 N–H and O–H groups in total. The second kappa shape index (κ2) is 7.96. The fourth-order valence-corrected chi connectivity index (χ4v) is 3.37. The van der Waals surface area contributed by atoms with Crippen LogP contribution < -0.4 is 10.9 Å². The van der Waals surface area contributed by atoms with Crippen molar-refractivity contribution in [2.45, 2.75) is 40.2 Å². The van der Waals surface area contributed by atoms with Gasteiger partial charge < -0.3 is 14.6 Å². The molecule has 3 rings (SSSR count). The average molecular weight is 373 g/mol. The molecule has 3 aromatic rings. The van der Waals surface area contributed by atoms with Crippen LogP contribution in [0.1, 0.15) is 39.1 Å². The zero-order valence-electron chi connectivity index (χ0n) is 16.4. The SMILES string of the molecule is CCN(CC)CCCNC(=O)C(C)n1nc(C)n2c(cc3occc32)c1=O. The summed E-state index contributed by atoms with van der Waals surface area (Å²) in [5.41, 5.74) is 1.58. The average Bonchev–Trinajstić information content (AvgIpc) is 3.25. The summed E-state index contributed by atoms with van der Waals surface area (Å²) >= 11 is 0. The molecule has 0 aliphatic rings. The lowest BCUT2D eigenvalue weighted by atomic mass is 10.3. The maximum absolute atomic E-state index is 12.8. The highest BCUT2D eigenvalue weighted by Crippen LogP contribution is 2.20. The Kier molecular flexibility index (Phi) is 5.65. The van der Waals surface area contributed by atoms with Crippen LogP contribution in [0.25, 0.3) is 16.6 Å². The standard InChI is InChI=1S/C19H27N5O3/c1-5-22(6-2)10-7-9-20-18(25)13(3)24-19(26)16-12-17-15(8-11-27-17)23(16)14(4)21-24/h8,11-13H,5-7,9-10H2,1-4H3,(H,20,25). The van der Waals surface area contributed by atoms with Gasteiger partial charge in [-0.2, -0.15) is 5.10 Å². The molecule has 0 spiro atoms. The summed E-state index contributed by atoms with van der Waals surface area (Å²) in [4.78, 5) is 27.6. The minimum Gasteiger partial charge on any atom is -0.463 e. The van der Waals surface area contributed by atoms with Gasteiger partial charge in [-0.1, -0.05) is 13.8 Å². The number of rotatable bonds is 8. The molecule has 0 fully saturated rings. The highest BCUT2D eigenvalue weighted by molar-refractivity contribution is 5.83. The molecule has 1 unspecified atom stereocenters. The second-order valence-electron chi connectivity index (χ2n) is 6.68. The Labute approximate surface area is 157 Å². The van der Waals surface area contributed by atoms with Gasteiger partial charge in [0.05, 0.1) is 11.8 Å². The minimum absolute atomic E-state index is 0.205. The third-order valence-electron chi connectivity index (χ3n) is 5.02. The zero-order valence-corrected chi connectivity index (χ0v) is 16.4. The summed E-state index contributed by atoms with van der Waals surface area (Å²) in [7, 11) is 0. The van der Waals surface area contributed by atoms with Crippen molar-refractivity contribution in [2.75, 3.05) is 26.2 Å². The van der Waals surface area contributed by atoms with Crippen molar-refractivity contribution in [2.24, 2.45) is 0 Å². The summed E-state index contributed by atoms with van der Waals surface area (Å²) in [5.74, 6) is 0.422. The van der Waals surface area contributed by atoms with Gasteiger partial charge >= 0.3 is 0 Å². The van der Waals surface area contributed by atoms with Crippen LogP contribution in [-0.4, -0.2) is 51.2 Å². The van der Waals surface area contributed by atoms with E-state index >= 15 is 0 Å². The number of hydrogen-bond acceptors (Lipinski definition) is 5. The molecule has 1 amide bonds. The summed E-state index contributed by atoms with van der Waals surface area (Å²) in [5, 5.41) is 7.27. The number of aromatic nitrogens is 3. The van der Waals surface area contributed by atoms with E-state index in [0.29, 0.717) is 23.5 Å². The van der Waals surface area contributed by atoms with Gasteiger partial charge in [-0.25, -0.2) is 4.68 Å². The molecular formula is C19H27N5O3. The molecule has 0 aliphatic carbocycles. The number of amides is 1. The van der Waals surface area contributed by atoms with E-state index in [1.165, 1.54) is 4.68 Å². The van der Waals surface area contributed by atoms with E-state index in [9.17, 15) is 9.59 Å². The van der Waals surface area contributed by atoms with Gasteiger partial charge in [0, 0.05) is 18.7 Å². The summed E-state index contributed by atoms with van der Waals surface area (Å²) in [6.45, 7) is 11.3. The van der Waals surface area contributed by atoms with Crippen molar-refractivity contribution in [1.82, 2.24) is 24.4 Å². The van der Waals surface area contributed by atoms with Crippen molar-refractivity contribution in [3.63, 3.8) is 0 Å². The maximum Gasteiger partial charge on any atom is 0.291 e. The number of nitrogens with zero attached hydrogens (tertiary/aromatic N) is 4. The van der Waals surface area contributed by atoms with Crippen LogP contribution in [-0.2, 0) is 4.79 Å². The molecule has 0 bridgehead atoms. The lowest BCUT2D eigenvalue weighted by Crippen LogP contribution is -2.39. The zero-order chi connectivity index (χ0) is 19.6. The third kappa shape index (κ3) is 3.62. The smallest absolute Gasteiger partial charge is 0.291 e. The normalized spacial score (nSPS) is 12.9. The van der Waals surface area contributed by atoms with Crippen molar-refractivity contribution in [1.29, 1.82) is 0 Å². The van der Waals surface area contributed by atoms with Crippen LogP contribution >= 0.6 is 0 Å². The first-order chi connectivity index (χ1) is 13.0. The van der Waals surface area contributed by atoms with E-state index in [0.717, 1.165) is 31.6 Å². The molecule has 146 valence electrons. The topological polar surface area (TPSA) is 84.8 Å². The molecule has 1 atom stereocenters. The fourth-order valence-electron chi connectivity index (χ4n) is 3.37. The van der Waals surface area contributed by atoms with E-state index in [1.54, 1.807) is 29.7 Å². The van der Waals surface area contributed by atoms with Gasteiger partial charge in [-0.15, -0.1) is 0 Å². The van der Waals surface area contributed by atoms with Crippen LogP contribution in [0.5, 0.6) is 0 Å². The molecule has 0 radical (unpaired) electrons. The van der Waals surface area contributed by atoms with Crippen molar-refractivity contribution >= 4 is 22.5 Å². The lowest BCUT2D eigenvalue weighted by Gasteiger charge is -2.19. The van der Waals surface area contributed by atoms with E-state index in [-0.39, 0.29) is 11.5 Å². The summed E-state index contributed by atoms with van der Waals surface area (Å²) in [6, 6.07) is 2.81. The molecule has 0 saturated heterocycles. The Morgan fingerprint density at radius 3 is 2.78 bits per heavy atom. The Morgan fingerprint density at radius 1 is 1.33 bits per heavy atom. The first-order valence-corrected chi connectivity index (χ1v) is 9.46. The Bertz CT molecular complexity index is 996. The molecule has 8 nitrogen and oxygen atoms in total. The van der Waals surface area contributed by atoms with Gasteiger partial charge in [-0.05, 0) is 39.9 Å². The van der Waals surface area contributed by atoms with Crippen LogP contribution in [0.2, 0.25) is 0 Å². The molecular weight excluding hydrogens is 346 g/mol. The highest BCUT2D eigenvalue weighted by Gasteiger charge is 2.21. The Hall–Kier alpha value is -2.61. The first-order valence-electron chi connectivity index (χ1n) is 9.46. The van der Waals surface area contributed by atoms with Gasteiger partial charge in [0.1, 0.15) is 17.4 Å². The molecule has 0 aliphatic heterocycles. The van der Waals surface area contributed by atoms with Crippen LogP contribution in [0, 0.1) is 6.92 Å². The highest BCUT2D eigenvalue weighted by atomic mass is 16.3. The number of aryl methyl sites for hydroxylation is 1. The number of nitrogens with one attached hydrogen (secondary N) is 1. The maximum atomic E-state index is 12.8. The molecule has 3 aromatic heterocycles. The van der Waals surface area contributed by atoms with E-state index in [4.69, 9.17) is 4.42 Å². The van der Waals surface area contributed by atoms with Crippen molar-refractivity contribution in [3.8, 4) is 0 Å². The summed E-state index contributed by atoms with van der Waals surface area (Å²) < 4.78 is 8.39. The Balaban J connectivity index is 1.75. The molecule has 3 heterocycles. The van der Waals surface area contributed by atoms with E-state index in [2.05, 4.69) is 29.2 Å². The predicted octanol–water partition coefficient (Wildman–Crippen LogP) is 1.96. The first kappa shape index (κ1) is 19.2. The van der Waals surface area contributed by atoms with Crippen LogP contribution in [0.3, 0.4) is 0 Å².